The molecule has 0 atom stereocenters. The summed E-state index contributed by atoms with van der Waals surface area (Å²) in [6, 6.07) is 14.1. The number of hydrogen-bond donors (Lipinski definition) is 1. The first kappa shape index (κ1) is 16.2. The smallest absolute Gasteiger partial charge is 0.228 e. The number of anilines is 2. The third-order valence-electron chi connectivity index (χ3n) is 4.18. The summed E-state index contributed by atoms with van der Waals surface area (Å²) in [4.78, 5) is 13.7. The Kier molecular flexibility index (Phi) is 3.88. The summed E-state index contributed by atoms with van der Waals surface area (Å²) >= 11 is 0. The van der Waals surface area contributed by atoms with Crippen LogP contribution in [0, 0.1) is 27.7 Å². The second kappa shape index (κ2) is 6.22. The highest BCUT2D eigenvalue weighted by molar-refractivity contribution is 5.83. The van der Waals surface area contributed by atoms with Crippen molar-refractivity contribution in [3.63, 3.8) is 0 Å². The number of nitrogens with zero attached hydrogens (tertiary/aromatic N) is 5. The second-order valence-electron chi connectivity index (χ2n) is 6.50. The molecule has 6 heteroatoms. The van der Waals surface area contributed by atoms with Crippen LogP contribution in [0.1, 0.15) is 22.6 Å². The average molecular weight is 344 g/mol. The number of aromatic nitrogens is 5. The molecule has 0 fully saturated rings. The maximum atomic E-state index is 4.78. The molecular weight excluding hydrogens is 324 g/mol. The molecule has 3 aromatic heterocycles. The van der Waals surface area contributed by atoms with Gasteiger partial charge in [-0.05, 0) is 51.5 Å². The molecule has 1 aromatic carbocycles. The molecule has 0 radical (unpaired) electrons. The largest absolute Gasteiger partial charge is 0.309 e. The van der Waals surface area contributed by atoms with Gasteiger partial charge in [-0.2, -0.15) is 9.78 Å². The Morgan fingerprint density at radius 2 is 1.54 bits per heavy atom. The van der Waals surface area contributed by atoms with Crippen LogP contribution in [0.25, 0.3) is 16.7 Å². The molecule has 0 saturated carbocycles. The van der Waals surface area contributed by atoms with Crippen LogP contribution in [0.5, 0.6) is 0 Å². The van der Waals surface area contributed by atoms with E-state index in [9.17, 15) is 0 Å². The average Bonchev–Trinajstić information content (AvgIpc) is 2.94. The minimum Gasteiger partial charge on any atom is -0.309 e. The Balaban J connectivity index is 1.81. The van der Waals surface area contributed by atoms with E-state index >= 15 is 0 Å². The van der Waals surface area contributed by atoms with Crippen molar-refractivity contribution in [2.24, 2.45) is 0 Å². The molecule has 0 bridgehead atoms. The molecule has 1 N–H and O–H groups in total. The van der Waals surface area contributed by atoms with Gasteiger partial charge in [0.2, 0.25) is 5.95 Å². The maximum absolute atomic E-state index is 4.78. The summed E-state index contributed by atoms with van der Waals surface area (Å²) in [5.74, 6) is 2.11. The SMILES string of the molecule is Cc1cc(C)nc(Nc2cc(C)nn2-c2cc(C)c3ccccc3n2)n1. The van der Waals surface area contributed by atoms with Gasteiger partial charge in [-0.3, -0.25) is 0 Å². The van der Waals surface area contributed by atoms with Crippen LogP contribution < -0.4 is 5.32 Å². The number of hydrogen-bond acceptors (Lipinski definition) is 5. The van der Waals surface area contributed by atoms with Crippen LogP contribution >= 0.6 is 0 Å². The predicted octanol–water partition coefficient (Wildman–Crippen LogP) is 4.19. The quantitative estimate of drug-likeness (QED) is 0.603. The highest BCUT2D eigenvalue weighted by Crippen LogP contribution is 2.23. The fourth-order valence-corrected chi connectivity index (χ4v) is 3.10. The first-order chi connectivity index (χ1) is 12.5. The summed E-state index contributed by atoms with van der Waals surface area (Å²) in [6.07, 6.45) is 0. The molecule has 26 heavy (non-hydrogen) atoms. The standard InChI is InChI=1S/C20H20N6/c1-12-9-18(23-17-8-6-5-7-16(12)17)26-19(11-15(4)25-26)24-20-21-13(2)10-14(3)22-20/h5-11H,1-4H3,(H,21,22,24). The molecule has 0 unspecified atom stereocenters. The van der Waals surface area contributed by atoms with Gasteiger partial charge in [0.15, 0.2) is 5.82 Å². The molecule has 0 aliphatic carbocycles. The van der Waals surface area contributed by atoms with Crippen LogP contribution in [0.4, 0.5) is 11.8 Å². The lowest BCUT2D eigenvalue weighted by molar-refractivity contribution is 0.840. The van der Waals surface area contributed by atoms with Gasteiger partial charge in [-0.25, -0.2) is 15.0 Å². The van der Waals surface area contributed by atoms with Gasteiger partial charge >= 0.3 is 0 Å². The van der Waals surface area contributed by atoms with Crippen molar-refractivity contribution in [3.8, 4) is 5.82 Å². The highest BCUT2D eigenvalue weighted by Gasteiger charge is 2.12. The van der Waals surface area contributed by atoms with Crippen molar-refractivity contribution >= 4 is 22.7 Å². The summed E-state index contributed by atoms with van der Waals surface area (Å²) < 4.78 is 1.80. The van der Waals surface area contributed by atoms with E-state index in [0.717, 1.165) is 45.2 Å². The van der Waals surface area contributed by atoms with Crippen molar-refractivity contribution < 1.29 is 0 Å². The van der Waals surface area contributed by atoms with E-state index < -0.39 is 0 Å². The second-order valence-corrected chi connectivity index (χ2v) is 6.50. The topological polar surface area (TPSA) is 68.5 Å². The lowest BCUT2D eigenvalue weighted by Crippen LogP contribution is -2.07. The van der Waals surface area contributed by atoms with E-state index in [1.807, 2.05) is 57.2 Å². The summed E-state index contributed by atoms with van der Waals surface area (Å²) in [6.45, 7) is 7.95. The number of para-hydroxylation sites is 1. The molecular formula is C20H20N6. The summed E-state index contributed by atoms with van der Waals surface area (Å²) in [7, 11) is 0. The number of nitrogens with one attached hydrogen (secondary N) is 1. The van der Waals surface area contributed by atoms with Crippen LogP contribution in [-0.4, -0.2) is 24.7 Å². The van der Waals surface area contributed by atoms with Crippen LogP contribution in [0.2, 0.25) is 0 Å². The maximum Gasteiger partial charge on any atom is 0.228 e. The van der Waals surface area contributed by atoms with Gasteiger partial charge < -0.3 is 5.32 Å². The molecule has 0 aliphatic heterocycles. The zero-order chi connectivity index (χ0) is 18.3. The Labute approximate surface area is 152 Å². The molecule has 6 nitrogen and oxygen atoms in total. The fraction of sp³-hybridized carbons (Fsp3) is 0.200. The van der Waals surface area contributed by atoms with Gasteiger partial charge in [0.05, 0.1) is 11.2 Å². The highest BCUT2D eigenvalue weighted by atomic mass is 15.4. The molecule has 4 aromatic rings. The minimum atomic E-state index is 0.557. The predicted molar refractivity (Wildman–Crippen MR) is 103 cm³/mol. The molecule has 0 saturated heterocycles. The Hall–Kier alpha value is -3.28. The third kappa shape index (κ3) is 3.01. The number of pyridine rings is 1. The van der Waals surface area contributed by atoms with E-state index in [-0.39, 0.29) is 0 Å². The van der Waals surface area contributed by atoms with E-state index in [4.69, 9.17) is 4.98 Å². The van der Waals surface area contributed by atoms with Gasteiger partial charge in [0.1, 0.15) is 5.82 Å². The number of aryl methyl sites for hydroxylation is 4. The monoisotopic (exact) mass is 344 g/mol. The van der Waals surface area contributed by atoms with Gasteiger partial charge in [-0.1, -0.05) is 18.2 Å². The molecule has 3 heterocycles. The van der Waals surface area contributed by atoms with Crippen molar-refractivity contribution in [2.75, 3.05) is 5.32 Å². The first-order valence-electron chi connectivity index (χ1n) is 8.52. The molecule has 0 aliphatic rings. The van der Waals surface area contributed by atoms with Crippen LogP contribution in [0.3, 0.4) is 0 Å². The van der Waals surface area contributed by atoms with E-state index in [0.29, 0.717) is 5.95 Å². The Bertz CT molecular complexity index is 1090. The van der Waals surface area contributed by atoms with E-state index in [1.165, 1.54) is 0 Å². The van der Waals surface area contributed by atoms with Crippen molar-refractivity contribution in [2.45, 2.75) is 27.7 Å². The van der Waals surface area contributed by atoms with Gasteiger partial charge in [0.25, 0.3) is 0 Å². The number of benzene rings is 1. The number of rotatable bonds is 3. The summed E-state index contributed by atoms with van der Waals surface area (Å²) in [5.41, 5.74) is 4.84. The van der Waals surface area contributed by atoms with Crippen LogP contribution in [-0.2, 0) is 0 Å². The first-order valence-corrected chi connectivity index (χ1v) is 8.52. The third-order valence-corrected chi connectivity index (χ3v) is 4.18. The van der Waals surface area contributed by atoms with E-state index in [1.54, 1.807) is 4.68 Å². The van der Waals surface area contributed by atoms with E-state index in [2.05, 4.69) is 33.4 Å². The lowest BCUT2D eigenvalue weighted by Gasteiger charge is -2.11. The van der Waals surface area contributed by atoms with Gasteiger partial charge in [-0.15, -0.1) is 0 Å². The Morgan fingerprint density at radius 1 is 0.808 bits per heavy atom. The number of fused-ring (bicyclic) bond motifs is 1. The normalized spacial score (nSPS) is 11.1. The minimum absolute atomic E-state index is 0.557. The van der Waals surface area contributed by atoms with Crippen LogP contribution in [0.15, 0.2) is 42.5 Å². The lowest BCUT2D eigenvalue weighted by atomic mass is 10.1. The zero-order valence-electron chi connectivity index (χ0n) is 15.3. The van der Waals surface area contributed by atoms with Crippen molar-refractivity contribution in [1.29, 1.82) is 0 Å². The van der Waals surface area contributed by atoms with Gasteiger partial charge in [0, 0.05) is 22.8 Å². The van der Waals surface area contributed by atoms with Crippen molar-refractivity contribution in [1.82, 2.24) is 24.7 Å². The Morgan fingerprint density at radius 3 is 2.31 bits per heavy atom. The fourth-order valence-electron chi connectivity index (χ4n) is 3.10. The molecule has 0 amide bonds. The summed E-state index contributed by atoms with van der Waals surface area (Å²) in [5, 5.41) is 9.03. The molecule has 0 spiro atoms. The molecule has 4 rings (SSSR count). The zero-order valence-corrected chi connectivity index (χ0v) is 15.3. The molecule has 130 valence electrons. The van der Waals surface area contributed by atoms with Crippen molar-refractivity contribution in [3.05, 3.63) is 65.1 Å².